The van der Waals surface area contributed by atoms with Crippen molar-refractivity contribution in [3.05, 3.63) is 23.4 Å². The summed E-state index contributed by atoms with van der Waals surface area (Å²) in [7, 11) is 0. The lowest BCUT2D eigenvalue weighted by atomic mass is 9.93. The van der Waals surface area contributed by atoms with Crippen molar-refractivity contribution in [2.45, 2.75) is 68.0 Å². The van der Waals surface area contributed by atoms with E-state index in [1.165, 1.54) is 0 Å². The largest absolute Gasteiger partial charge is 0.487 e. The molecule has 0 atom stereocenters. The number of hydrogen-bond acceptors (Lipinski definition) is 13. The average molecular weight is 587 g/mol. The van der Waals surface area contributed by atoms with E-state index in [0.29, 0.717) is 52.9 Å². The molecule has 0 heterocycles. The standard InChI is InChI=1S/C22H42O9.C5H12O4/c1-9-23-17(19(25-11-3)26-12-4)21(29-15-7)31-22(30-16-8)18(24-10-2)20(27-13-5)28-14-6;6-1-5(2-7,3-8)4-9/h19-20H,9-16H2,1-8H3;6-9H,1-4H2/b21-17+,22-18+;. The molecule has 240 valence electrons. The second kappa shape index (κ2) is 26.1. The molecule has 13 nitrogen and oxygen atoms in total. The molecule has 0 spiro atoms. The average Bonchev–Trinajstić information content (AvgIpc) is 2.96. The van der Waals surface area contributed by atoms with Gasteiger partial charge in [-0.2, -0.15) is 0 Å². The van der Waals surface area contributed by atoms with Gasteiger partial charge in [-0.15, -0.1) is 0 Å². The summed E-state index contributed by atoms with van der Waals surface area (Å²) in [5.74, 6) is 0.656. The lowest BCUT2D eigenvalue weighted by Crippen LogP contribution is -2.37. The van der Waals surface area contributed by atoms with Crippen molar-refractivity contribution >= 4 is 0 Å². The van der Waals surface area contributed by atoms with Crippen LogP contribution < -0.4 is 0 Å². The summed E-state index contributed by atoms with van der Waals surface area (Å²) in [4.78, 5) is 0. The highest BCUT2D eigenvalue weighted by Crippen LogP contribution is 2.25. The minimum Gasteiger partial charge on any atom is -0.487 e. The SMILES string of the molecule is CCO/C(O/C(OCC)=C(/OCC)C(OCC)OCC)=C(\OCC)C(OCC)OCC.OCC(CO)(CO)CO. The van der Waals surface area contributed by atoms with Gasteiger partial charge in [0.05, 0.1) is 58.3 Å². The van der Waals surface area contributed by atoms with Crippen LogP contribution in [-0.4, -0.2) is 112 Å². The summed E-state index contributed by atoms with van der Waals surface area (Å²) < 4.78 is 51.9. The third-order valence-electron chi connectivity index (χ3n) is 4.78. The van der Waals surface area contributed by atoms with Gasteiger partial charge in [0.15, 0.2) is 0 Å². The lowest BCUT2D eigenvalue weighted by Gasteiger charge is -2.25. The molecule has 0 amide bonds. The summed E-state index contributed by atoms with van der Waals surface area (Å²) in [6.45, 7) is 16.2. The summed E-state index contributed by atoms with van der Waals surface area (Å²) in [6.07, 6.45) is -1.60. The third-order valence-corrected chi connectivity index (χ3v) is 4.78. The molecule has 0 aliphatic rings. The smallest absolute Gasteiger partial charge is 0.332 e. The van der Waals surface area contributed by atoms with E-state index < -0.39 is 44.4 Å². The fourth-order valence-corrected chi connectivity index (χ4v) is 2.71. The van der Waals surface area contributed by atoms with Crippen molar-refractivity contribution < 1.29 is 63.1 Å². The van der Waals surface area contributed by atoms with Crippen LogP contribution in [0.1, 0.15) is 55.4 Å². The second-order valence-electron chi connectivity index (χ2n) is 7.76. The number of ether oxygens (including phenoxy) is 9. The molecule has 0 radical (unpaired) electrons. The Bertz CT molecular complexity index is 577. The summed E-state index contributed by atoms with van der Waals surface area (Å²) in [6, 6.07) is 0. The van der Waals surface area contributed by atoms with Crippen molar-refractivity contribution in [1.82, 2.24) is 0 Å². The Morgan fingerprint density at radius 1 is 0.450 bits per heavy atom. The fraction of sp³-hybridized carbons (Fsp3) is 0.852. The predicted octanol–water partition coefficient (Wildman–Crippen LogP) is 2.23. The van der Waals surface area contributed by atoms with E-state index in [1.807, 2.05) is 55.4 Å². The van der Waals surface area contributed by atoms with Crippen LogP contribution in [0.5, 0.6) is 0 Å². The molecule has 13 heteroatoms. The van der Waals surface area contributed by atoms with Gasteiger partial charge in [0.25, 0.3) is 0 Å². The molecular formula is C27H54O13. The van der Waals surface area contributed by atoms with Gasteiger partial charge >= 0.3 is 11.9 Å². The molecule has 0 aromatic heterocycles. The van der Waals surface area contributed by atoms with E-state index in [0.717, 1.165) is 0 Å². The molecule has 0 aromatic rings. The zero-order valence-electron chi connectivity index (χ0n) is 25.6. The van der Waals surface area contributed by atoms with Crippen LogP contribution in [0, 0.1) is 5.41 Å². The number of rotatable bonds is 24. The quantitative estimate of drug-likeness (QED) is 0.0962. The van der Waals surface area contributed by atoms with Crippen LogP contribution in [0.2, 0.25) is 0 Å². The van der Waals surface area contributed by atoms with E-state index in [9.17, 15) is 0 Å². The molecule has 0 aromatic carbocycles. The Balaban J connectivity index is 0. The van der Waals surface area contributed by atoms with Crippen LogP contribution in [-0.2, 0) is 42.6 Å². The second-order valence-corrected chi connectivity index (χ2v) is 7.76. The molecule has 0 fully saturated rings. The van der Waals surface area contributed by atoms with Crippen molar-refractivity contribution in [3.8, 4) is 0 Å². The first-order valence-corrected chi connectivity index (χ1v) is 13.9. The molecular weight excluding hydrogens is 532 g/mol. The van der Waals surface area contributed by atoms with Gasteiger partial charge < -0.3 is 63.1 Å². The Morgan fingerprint density at radius 2 is 0.725 bits per heavy atom. The van der Waals surface area contributed by atoms with Crippen molar-refractivity contribution in [3.63, 3.8) is 0 Å². The van der Waals surface area contributed by atoms with Crippen molar-refractivity contribution in [1.29, 1.82) is 0 Å². The summed E-state index contributed by atoms with van der Waals surface area (Å²) >= 11 is 0. The van der Waals surface area contributed by atoms with Gasteiger partial charge in [-0.1, -0.05) is 0 Å². The zero-order chi connectivity index (χ0) is 30.8. The van der Waals surface area contributed by atoms with E-state index >= 15 is 0 Å². The molecule has 0 unspecified atom stereocenters. The van der Waals surface area contributed by atoms with E-state index in [-0.39, 0.29) is 23.4 Å². The van der Waals surface area contributed by atoms with E-state index in [1.54, 1.807) is 0 Å². The summed E-state index contributed by atoms with van der Waals surface area (Å²) in [5.41, 5.74) is -1.11. The van der Waals surface area contributed by atoms with Gasteiger partial charge in [-0.05, 0) is 55.4 Å². The fourth-order valence-electron chi connectivity index (χ4n) is 2.71. The number of hydrogen-bond donors (Lipinski definition) is 4. The number of aliphatic hydroxyl groups is 4. The monoisotopic (exact) mass is 586 g/mol. The van der Waals surface area contributed by atoms with Crippen LogP contribution in [0.25, 0.3) is 0 Å². The normalized spacial score (nSPS) is 12.8. The Kier molecular flexibility index (Phi) is 26.3. The number of aliphatic hydroxyl groups excluding tert-OH is 4. The van der Waals surface area contributed by atoms with Crippen LogP contribution in [0.4, 0.5) is 0 Å². The maximum absolute atomic E-state index is 8.50. The maximum atomic E-state index is 8.50. The highest BCUT2D eigenvalue weighted by molar-refractivity contribution is 5.06. The molecule has 40 heavy (non-hydrogen) atoms. The van der Waals surface area contributed by atoms with Gasteiger partial charge in [0.1, 0.15) is 0 Å². The Morgan fingerprint density at radius 3 is 0.900 bits per heavy atom. The highest BCUT2D eigenvalue weighted by atomic mass is 16.8. The van der Waals surface area contributed by atoms with Gasteiger partial charge in [0, 0.05) is 26.4 Å². The predicted molar refractivity (Wildman–Crippen MR) is 146 cm³/mol. The van der Waals surface area contributed by atoms with E-state index in [2.05, 4.69) is 0 Å². The van der Waals surface area contributed by atoms with Crippen LogP contribution in [0.15, 0.2) is 23.4 Å². The van der Waals surface area contributed by atoms with Crippen LogP contribution >= 0.6 is 0 Å². The van der Waals surface area contributed by atoms with Gasteiger partial charge in [-0.3, -0.25) is 0 Å². The molecule has 0 aliphatic heterocycles. The molecule has 4 N–H and O–H groups in total. The maximum Gasteiger partial charge on any atom is 0.332 e. The molecule has 0 rings (SSSR count). The Hall–Kier alpha value is -1.84. The molecule has 0 aliphatic carbocycles. The lowest BCUT2D eigenvalue weighted by molar-refractivity contribution is -0.154. The Labute approximate surface area is 239 Å². The first kappa shape index (κ1) is 40.3. The summed E-state index contributed by atoms with van der Waals surface area (Å²) in [5, 5.41) is 34.0. The minimum absolute atomic E-state index is 0.0589. The topological polar surface area (TPSA) is 164 Å². The highest BCUT2D eigenvalue weighted by Gasteiger charge is 2.30. The van der Waals surface area contributed by atoms with Crippen molar-refractivity contribution in [2.75, 3.05) is 79.3 Å². The molecule has 0 saturated carbocycles. The first-order chi connectivity index (χ1) is 19.3. The molecule has 0 bridgehead atoms. The zero-order valence-corrected chi connectivity index (χ0v) is 25.6. The van der Waals surface area contributed by atoms with Crippen LogP contribution in [0.3, 0.4) is 0 Å². The minimum atomic E-state index is -1.11. The molecule has 0 saturated heterocycles. The van der Waals surface area contributed by atoms with Gasteiger partial charge in [-0.25, -0.2) is 0 Å². The van der Waals surface area contributed by atoms with Gasteiger partial charge in [0.2, 0.25) is 24.1 Å². The van der Waals surface area contributed by atoms with E-state index in [4.69, 9.17) is 63.1 Å². The third kappa shape index (κ3) is 15.2. The van der Waals surface area contributed by atoms with Crippen molar-refractivity contribution in [2.24, 2.45) is 5.41 Å². The first-order valence-electron chi connectivity index (χ1n) is 13.9.